The molecule has 0 unspecified atom stereocenters. The number of thiazole rings is 1. The van der Waals surface area contributed by atoms with Gasteiger partial charge in [-0.3, -0.25) is 0 Å². The highest BCUT2D eigenvalue weighted by Gasteiger charge is 2.16. The van der Waals surface area contributed by atoms with E-state index in [9.17, 15) is 0 Å². The Hall–Kier alpha value is -0.830. The number of nitrogens with one attached hydrogen (secondary N) is 1. The molecule has 14 heavy (non-hydrogen) atoms. The Balaban J connectivity index is 2.19. The van der Waals surface area contributed by atoms with E-state index in [0.717, 1.165) is 31.3 Å². The molecular formula is C8H9ClN4S. The number of hydrogen-bond acceptors (Lipinski definition) is 5. The molecule has 2 heterocycles. The van der Waals surface area contributed by atoms with Gasteiger partial charge in [-0.1, -0.05) is 22.9 Å². The van der Waals surface area contributed by atoms with Gasteiger partial charge in [0.15, 0.2) is 10.3 Å². The van der Waals surface area contributed by atoms with Gasteiger partial charge in [-0.25, -0.2) is 4.98 Å². The van der Waals surface area contributed by atoms with E-state index in [2.05, 4.69) is 15.2 Å². The second kappa shape index (κ2) is 4.13. The first-order chi connectivity index (χ1) is 6.81. The van der Waals surface area contributed by atoms with Crippen molar-refractivity contribution in [3.05, 3.63) is 10.0 Å². The normalized spacial score (nSPS) is 16.7. The average Bonchev–Trinajstić information content (AvgIpc) is 2.61. The summed E-state index contributed by atoms with van der Waals surface area (Å²) < 4.78 is 0. The zero-order valence-electron chi connectivity index (χ0n) is 7.46. The SMILES string of the molecule is N#Cc1sc(N2CCNCC2)nc1Cl. The molecule has 1 aliphatic heterocycles. The van der Waals surface area contributed by atoms with Crippen LogP contribution in [-0.2, 0) is 0 Å². The molecule has 74 valence electrons. The summed E-state index contributed by atoms with van der Waals surface area (Å²) in [6.45, 7) is 3.77. The maximum atomic E-state index is 8.74. The number of piperazine rings is 1. The van der Waals surface area contributed by atoms with Gasteiger partial charge in [-0.15, -0.1) is 0 Å². The van der Waals surface area contributed by atoms with Gasteiger partial charge < -0.3 is 10.2 Å². The molecule has 0 atom stereocenters. The molecule has 2 rings (SSSR count). The van der Waals surface area contributed by atoms with Gasteiger partial charge in [0.2, 0.25) is 0 Å². The highest BCUT2D eigenvalue weighted by Crippen LogP contribution is 2.28. The molecule has 0 bridgehead atoms. The molecule has 4 nitrogen and oxygen atoms in total. The van der Waals surface area contributed by atoms with E-state index in [1.807, 2.05) is 6.07 Å². The molecule has 1 aliphatic rings. The van der Waals surface area contributed by atoms with Crippen LogP contribution in [0.5, 0.6) is 0 Å². The molecule has 0 radical (unpaired) electrons. The molecular weight excluding hydrogens is 220 g/mol. The van der Waals surface area contributed by atoms with Gasteiger partial charge in [0, 0.05) is 26.2 Å². The lowest BCUT2D eigenvalue weighted by Gasteiger charge is -2.26. The van der Waals surface area contributed by atoms with E-state index in [1.54, 1.807) is 0 Å². The maximum absolute atomic E-state index is 8.74. The lowest BCUT2D eigenvalue weighted by Crippen LogP contribution is -2.43. The average molecular weight is 229 g/mol. The second-order valence-corrected chi connectivity index (χ2v) is 4.30. The van der Waals surface area contributed by atoms with Crippen LogP contribution in [0, 0.1) is 11.3 Å². The van der Waals surface area contributed by atoms with Crippen molar-refractivity contribution in [1.29, 1.82) is 5.26 Å². The molecule has 1 aromatic heterocycles. The summed E-state index contributed by atoms with van der Waals surface area (Å²) in [6.07, 6.45) is 0. The van der Waals surface area contributed by atoms with E-state index in [0.29, 0.717) is 10.0 Å². The molecule has 6 heteroatoms. The van der Waals surface area contributed by atoms with Crippen LogP contribution in [0.15, 0.2) is 0 Å². The largest absolute Gasteiger partial charge is 0.345 e. The van der Waals surface area contributed by atoms with Gasteiger partial charge in [0.25, 0.3) is 0 Å². The standard InChI is InChI=1S/C8H9ClN4S/c9-7-6(5-10)14-8(12-7)13-3-1-11-2-4-13/h11H,1-4H2. The van der Waals surface area contributed by atoms with Gasteiger partial charge in [-0.05, 0) is 0 Å². The summed E-state index contributed by atoms with van der Waals surface area (Å²) in [5.74, 6) is 0. The van der Waals surface area contributed by atoms with Crippen LogP contribution in [0.2, 0.25) is 5.15 Å². The Kier molecular flexibility index (Phi) is 2.87. The van der Waals surface area contributed by atoms with Crippen LogP contribution >= 0.6 is 22.9 Å². The molecule has 1 fully saturated rings. The molecule has 0 aliphatic carbocycles. The minimum Gasteiger partial charge on any atom is -0.345 e. The van der Waals surface area contributed by atoms with E-state index in [4.69, 9.17) is 16.9 Å². The Morgan fingerprint density at radius 2 is 2.21 bits per heavy atom. The third kappa shape index (κ3) is 1.82. The Bertz CT molecular complexity index is 364. The highest BCUT2D eigenvalue weighted by atomic mass is 35.5. The zero-order valence-corrected chi connectivity index (χ0v) is 9.03. The first kappa shape index (κ1) is 9.71. The third-order valence-electron chi connectivity index (χ3n) is 2.06. The second-order valence-electron chi connectivity index (χ2n) is 2.97. The monoisotopic (exact) mass is 228 g/mol. The first-order valence-electron chi connectivity index (χ1n) is 4.33. The van der Waals surface area contributed by atoms with Crippen molar-refractivity contribution < 1.29 is 0 Å². The van der Waals surface area contributed by atoms with Crippen molar-refractivity contribution in [3.63, 3.8) is 0 Å². The van der Waals surface area contributed by atoms with Crippen LogP contribution in [0.25, 0.3) is 0 Å². The molecule has 1 N–H and O–H groups in total. The van der Waals surface area contributed by atoms with E-state index in [-0.39, 0.29) is 0 Å². The van der Waals surface area contributed by atoms with Gasteiger partial charge in [0.05, 0.1) is 0 Å². The number of rotatable bonds is 1. The topological polar surface area (TPSA) is 52.0 Å². The van der Waals surface area contributed by atoms with Gasteiger partial charge in [-0.2, -0.15) is 5.26 Å². The summed E-state index contributed by atoms with van der Waals surface area (Å²) in [5, 5.41) is 13.2. The van der Waals surface area contributed by atoms with Crippen molar-refractivity contribution in [3.8, 4) is 6.07 Å². The number of halogens is 1. The minimum atomic E-state index is 0.325. The molecule has 0 saturated carbocycles. The van der Waals surface area contributed by atoms with Crippen molar-refractivity contribution in [2.24, 2.45) is 0 Å². The Morgan fingerprint density at radius 3 is 2.79 bits per heavy atom. The van der Waals surface area contributed by atoms with Crippen LogP contribution in [0.1, 0.15) is 4.88 Å². The smallest absolute Gasteiger partial charge is 0.188 e. The lowest BCUT2D eigenvalue weighted by atomic mass is 10.4. The van der Waals surface area contributed by atoms with Crippen LogP contribution in [-0.4, -0.2) is 31.2 Å². The fourth-order valence-corrected chi connectivity index (χ4v) is 2.45. The Morgan fingerprint density at radius 1 is 1.50 bits per heavy atom. The van der Waals surface area contributed by atoms with E-state index >= 15 is 0 Å². The number of aromatic nitrogens is 1. The molecule has 0 aromatic carbocycles. The molecule has 1 aromatic rings. The van der Waals surface area contributed by atoms with Gasteiger partial charge >= 0.3 is 0 Å². The van der Waals surface area contributed by atoms with Gasteiger partial charge in [0.1, 0.15) is 10.9 Å². The zero-order chi connectivity index (χ0) is 9.97. The molecule has 0 spiro atoms. The molecule has 0 amide bonds. The maximum Gasteiger partial charge on any atom is 0.188 e. The van der Waals surface area contributed by atoms with Crippen LogP contribution in [0.4, 0.5) is 5.13 Å². The minimum absolute atomic E-state index is 0.325. The summed E-state index contributed by atoms with van der Waals surface area (Å²) >= 11 is 7.16. The van der Waals surface area contributed by atoms with E-state index < -0.39 is 0 Å². The fraction of sp³-hybridized carbons (Fsp3) is 0.500. The van der Waals surface area contributed by atoms with E-state index in [1.165, 1.54) is 11.3 Å². The Labute approximate surface area is 91.1 Å². The summed E-state index contributed by atoms with van der Waals surface area (Å²) in [6, 6.07) is 2.04. The highest BCUT2D eigenvalue weighted by molar-refractivity contribution is 7.16. The van der Waals surface area contributed by atoms with Crippen LogP contribution in [0.3, 0.4) is 0 Å². The number of nitrogens with zero attached hydrogens (tertiary/aromatic N) is 3. The quantitative estimate of drug-likeness (QED) is 0.782. The third-order valence-corrected chi connectivity index (χ3v) is 3.47. The number of nitriles is 1. The summed E-state index contributed by atoms with van der Waals surface area (Å²) in [5.41, 5.74) is 0. The lowest BCUT2D eigenvalue weighted by molar-refractivity contribution is 0.588. The summed E-state index contributed by atoms with van der Waals surface area (Å²) in [7, 11) is 0. The fourth-order valence-electron chi connectivity index (χ4n) is 1.35. The predicted molar refractivity (Wildman–Crippen MR) is 56.9 cm³/mol. The first-order valence-corrected chi connectivity index (χ1v) is 5.53. The predicted octanol–water partition coefficient (Wildman–Crippen LogP) is 1.08. The van der Waals surface area contributed by atoms with Crippen molar-refractivity contribution in [2.75, 3.05) is 31.1 Å². The number of hydrogen-bond donors (Lipinski definition) is 1. The molecule has 1 saturated heterocycles. The summed E-state index contributed by atoms with van der Waals surface area (Å²) in [4.78, 5) is 6.81. The number of anilines is 1. The van der Waals surface area contributed by atoms with Crippen molar-refractivity contribution >= 4 is 28.1 Å². The van der Waals surface area contributed by atoms with Crippen molar-refractivity contribution in [2.45, 2.75) is 0 Å². The van der Waals surface area contributed by atoms with Crippen LogP contribution < -0.4 is 10.2 Å². The van der Waals surface area contributed by atoms with Crippen molar-refractivity contribution in [1.82, 2.24) is 10.3 Å².